The van der Waals surface area contributed by atoms with E-state index in [9.17, 15) is 35.4 Å². The molecule has 0 unspecified atom stereocenters. The Balaban J connectivity index is 1.94. The molecular weight excluding hydrogens is 587 g/mol. The van der Waals surface area contributed by atoms with E-state index in [1.165, 1.54) is 43.5 Å². The van der Waals surface area contributed by atoms with Crippen LogP contribution in [0, 0.1) is 35.1 Å². The molecule has 0 aliphatic heterocycles. The smallest absolute Gasteiger partial charge is 0.318 e. The third-order valence-corrected chi connectivity index (χ3v) is 5.42. The summed E-state index contributed by atoms with van der Waals surface area (Å²) in [4.78, 5) is 33.4. The molecular formula is C23H15IN4O8. The number of nitro groups is 2. The van der Waals surface area contributed by atoms with Gasteiger partial charge in [0.25, 0.3) is 11.6 Å². The van der Waals surface area contributed by atoms with Crippen molar-refractivity contribution in [2.45, 2.75) is 0 Å². The van der Waals surface area contributed by atoms with Gasteiger partial charge in [0.2, 0.25) is 5.75 Å². The maximum Gasteiger partial charge on any atom is 0.318 e. The summed E-state index contributed by atoms with van der Waals surface area (Å²) in [5, 5.41) is 43.8. The molecule has 0 atom stereocenters. The second-order valence-corrected chi connectivity index (χ2v) is 8.14. The molecule has 0 saturated carbocycles. The minimum Gasteiger partial charge on any atom is -0.508 e. The van der Waals surface area contributed by atoms with Gasteiger partial charge >= 0.3 is 5.69 Å². The van der Waals surface area contributed by atoms with Crippen molar-refractivity contribution in [3.8, 4) is 29.1 Å². The number of phenols is 1. The molecule has 12 nitrogen and oxygen atoms in total. The zero-order valence-corrected chi connectivity index (χ0v) is 20.5. The Morgan fingerprint density at radius 3 is 2.36 bits per heavy atom. The molecule has 0 saturated heterocycles. The highest BCUT2D eigenvalue weighted by molar-refractivity contribution is 14.1. The first-order valence-electron chi connectivity index (χ1n) is 9.83. The van der Waals surface area contributed by atoms with E-state index < -0.39 is 27.1 Å². The minimum atomic E-state index is -0.801. The van der Waals surface area contributed by atoms with Crippen LogP contribution in [-0.4, -0.2) is 28.0 Å². The topological polar surface area (TPSA) is 178 Å². The highest BCUT2D eigenvalue weighted by Crippen LogP contribution is 2.41. The van der Waals surface area contributed by atoms with Crippen LogP contribution in [0.1, 0.15) is 5.56 Å². The molecule has 0 radical (unpaired) electrons. The van der Waals surface area contributed by atoms with Crippen molar-refractivity contribution in [1.82, 2.24) is 0 Å². The molecule has 0 spiro atoms. The van der Waals surface area contributed by atoms with Crippen LogP contribution in [0.3, 0.4) is 0 Å². The van der Waals surface area contributed by atoms with Gasteiger partial charge in [-0.15, -0.1) is 0 Å². The monoisotopic (exact) mass is 602 g/mol. The van der Waals surface area contributed by atoms with Gasteiger partial charge < -0.3 is 19.9 Å². The number of nitrogens with zero attached hydrogens (tertiary/aromatic N) is 3. The van der Waals surface area contributed by atoms with Gasteiger partial charge in [0.05, 0.1) is 26.6 Å². The molecule has 0 aliphatic rings. The molecule has 0 bridgehead atoms. The molecule has 3 rings (SSSR count). The van der Waals surface area contributed by atoms with Crippen molar-refractivity contribution in [2.24, 2.45) is 0 Å². The number of carbonyl (C=O) groups is 1. The number of hydrogen-bond acceptors (Lipinski definition) is 9. The molecule has 182 valence electrons. The van der Waals surface area contributed by atoms with Crippen molar-refractivity contribution in [1.29, 1.82) is 5.26 Å². The minimum absolute atomic E-state index is 0.0204. The zero-order valence-electron chi connectivity index (χ0n) is 18.3. The standard InChI is InChI=1S/C23H15IN4O8/c1-35-21-10-13(8-14(12-25)23(30)26-15-2-5-17(29)6-3-15)9-18(24)22(21)36-20-7-4-16(27(31)32)11-19(20)28(33)34/h2-11,29H,1H3,(H,26,30)/b14-8+. The third-order valence-electron chi connectivity index (χ3n) is 4.62. The summed E-state index contributed by atoms with van der Waals surface area (Å²) in [6.07, 6.45) is 1.32. The van der Waals surface area contributed by atoms with Crippen molar-refractivity contribution >= 4 is 51.6 Å². The fourth-order valence-electron chi connectivity index (χ4n) is 2.94. The van der Waals surface area contributed by atoms with Gasteiger partial charge in [-0.25, -0.2) is 0 Å². The maximum atomic E-state index is 12.5. The first kappa shape index (κ1) is 25.9. The van der Waals surface area contributed by atoms with Gasteiger partial charge in [-0.3, -0.25) is 25.0 Å². The lowest BCUT2D eigenvalue weighted by molar-refractivity contribution is -0.394. The second kappa shape index (κ2) is 11.1. The summed E-state index contributed by atoms with van der Waals surface area (Å²) in [6.45, 7) is 0. The number of phenolic OH excluding ortho intramolecular Hbond substituents is 1. The van der Waals surface area contributed by atoms with Crippen LogP contribution in [0.4, 0.5) is 17.1 Å². The number of nitro benzene ring substituents is 2. The van der Waals surface area contributed by atoms with E-state index in [0.717, 1.165) is 18.2 Å². The molecule has 0 aromatic heterocycles. The van der Waals surface area contributed by atoms with E-state index in [4.69, 9.17) is 9.47 Å². The molecule has 3 aromatic carbocycles. The highest BCUT2D eigenvalue weighted by atomic mass is 127. The number of nitriles is 1. The summed E-state index contributed by atoms with van der Waals surface area (Å²) in [7, 11) is 1.33. The molecule has 1 amide bonds. The Labute approximate surface area is 216 Å². The average Bonchev–Trinajstić information content (AvgIpc) is 2.85. The van der Waals surface area contributed by atoms with Crippen LogP contribution in [0.25, 0.3) is 6.08 Å². The van der Waals surface area contributed by atoms with E-state index in [1.807, 2.05) is 28.7 Å². The number of nitrogens with one attached hydrogen (secondary N) is 1. The van der Waals surface area contributed by atoms with Gasteiger partial charge in [-0.2, -0.15) is 5.26 Å². The van der Waals surface area contributed by atoms with Crippen LogP contribution >= 0.6 is 22.6 Å². The molecule has 0 aliphatic carbocycles. The van der Waals surface area contributed by atoms with Crippen molar-refractivity contribution in [3.63, 3.8) is 0 Å². The average molecular weight is 602 g/mol. The van der Waals surface area contributed by atoms with Gasteiger partial charge in [-0.05, 0) is 76.7 Å². The Bertz CT molecular complexity index is 1430. The van der Waals surface area contributed by atoms with Crippen LogP contribution in [-0.2, 0) is 4.79 Å². The Morgan fingerprint density at radius 2 is 1.78 bits per heavy atom. The lowest BCUT2D eigenvalue weighted by Gasteiger charge is -2.13. The van der Waals surface area contributed by atoms with E-state index in [0.29, 0.717) is 14.8 Å². The number of non-ortho nitro benzene ring substituents is 1. The fourth-order valence-corrected chi connectivity index (χ4v) is 3.67. The zero-order chi connectivity index (χ0) is 26.4. The van der Waals surface area contributed by atoms with Crippen LogP contribution < -0.4 is 14.8 Å². The van der Waals surface area contributed by atoms with Gasteiger partial charge in [0.15, 0.2) is 11.5 Å². The van der Waals surface area contributed by atoms with Crippen LogP contribution in [0.5, 0.6) is 23.0 Å². The van der Waals surface area contributed by atoms with Crippen LogP contribution in [0.15, 0.2) is 60.2 Å². The van der Waals surface area contributed by atoms with E-state index in [1.54, 1.807) is 6.07 Å². The molecule has 0 heterocycles. The van der Waals surface area contributed by atoms with Gasteiger partial charge in [0.1, 0.15) is 17.4 Å². The Hall–Kier alpha value is -4.71. The number of hydrogen-bond donors (Lipinski definition) is 2. The summed E-state index contributed by atoms with van der Waals surface area (Å²) < 4.78 is 11.5. The summed E-state index contributed by atoms with van der Waals surface area (Å²) in [6, 6.07) is 13.5. The fraction of sp³-hybridized carbons (Fsp3) is 0.0435. The third kappa shape index (κ3) is 6.04. The number of halogens is 1. The number of anilines is 1. The maximum absolute atomic E-state index is 12.5. The predicted molar refractivity (Wildman–Crippen MR) is 136 cm³/mol. The normalized spacial score (nSPS) is 10.8. The predicted octanol–water partition coefficient (Wildman–Crippen LogP) is 5.16. The van der Waals surface area contributed by atoms with Crippen molar-refractivity contribution in [3.05, 3.63) is 89.5 Å². The number of carbonyl (C=O) groups excluding carboxylic acids is 1. The number of amides is 1. The molecule has 36 heavy (non-hydrogen) atoms. The van der Waals surface area contributed by atoms with Gasteiger partial charge in [-0.1, -0.05) is 0 Å². The van der Waals surface area contributed by atoms with Crippen LogP contribution in [0.2, 0.25) is 0 Å². The van der Waals surface area contributed by atoms with Crippen molar-refractivity contribution < 1.29 is 29.2 Å². The van der Waals surface area contributed by atoms with Crippen molar-refractivity contribution in [2.75, 3.05) is 12.4 Å². The molecule has 0 fully saturated rings. The Morgan fingerprint density at radius 1 is 1.08 bits per heavy atom. The van der Waals surface area contributed by atoms with E-state index in [-0.39, 0.29) is 28.6 Å². The highest BCUT2D eigenvalue weighted by Gasteiger charge is 2.23. The number of methoxy groups -OCH3 is 1. The number of rotatable bonds is 8. The molecule has 13 heteroatoms. The molecule has 2 N–H and O–H groups in total. The van der Waals surface area contributed by atoms with Gasteiger partial charge in [0, 0.05) is 11.8 Å². The SMILES string of the molecule is COc1cc(/C=C(\C#N)C(=O)Nc2ccc(O)cc2)cc(I)c1Oc1ccc([N+](=O)[O-])cc1[N+](=O)[O-]. The number of benzene rings is 3. The largest absolute Gasteiger partial charge is 0.508 e. The second-order valence-electron chi connectivity index (χ2n) is 6.97. The summed E-state index contributed by atoms with van der Waals surface area (Å²) >= 11 is 1.89. The lowest BCUT2D eigenvalue weighted by atomic mass is 10.1. The summed E-state index contributed by atoms with van der Waals surface area (Å²) in [5.74, 6) is -0.668. The van der Waals surface area contributed by atoms with E-state index >= 15 is 0 Å². The quantitative estimate of drug-likeness (QED) is 0.0880. The Kier molecular flexibility index (Phi) is 8.02. The molecule has 3 aromatic rings. The summed E-state index contributed by atoms with van der Waals surface area (Å²) in [5.41, 5.74) is -0.520. The number of aromatic hydroxyl groups is 1. The first-order valence-corrected chi connectivity index (χ1v) is 10.9. The van der Waals surface area contributed by atoms with E-state index in [2.05, 4.69) is 5.32 Å². The number of ether oxygens (including phenoxy) is 2. The lowest BCUT2D eigenvalue weighted by Crippen LogP contribution is -2.13. The first-order chi connectivity index (χ1) is 17.1.